The summed E-state index contributed by atoms with van der Waals surface area (Å²) < 4.78 is 28.6. The number of alkyl halides is 1. The zero-order chi connectivity index (χ0) is 13.4. The highest BCUT2D eigenvalue weighted by atomic mass is 35.5. The minimum Gasteiger partial charge on any atom is -0.370 e. The first-order valence-corrected chi connectivity index (χ1v) is 8.23. The van der Waals surface area contributed by atoms with Crippen molar-refractivity contribution in [2.45, 2.75) is 35.6 Å². The predicted octanol–water partition coefficient (Wildman–Crippen LogP) is 2.72. The van der Waals surface area contributed by atoms with Crippen LogP contribution in [0, 0.1) is 0 Å². The Bertz CT molecular complexity index is 524. The van der Waals surface area contributed by atoms with E-state index in [1.807, 2.05) is 19.1 Å². The van der Waals surface area contributed by atoms with Crippen LogP contribution in [0.4, 0.5) is 0 Å². The smallest absolute Gasteiger partial charge is 0.175 e. The van der Waals surface area contributed by atoms with Crippen LogP contribution in [0.3, 0.4) is 0 Å². The summed E-state index contributed by atoms with van der Waals surface area (Å²) in [5, 5.41) is 0.110. The van der Waals surface area contributed by atoms with E-state index in [4.69, 9.17) is 16.3 Å². The lowest BCUT2D eigenvalue weighted by Crippen LogP contribution is -2.35. The molecular formula is C13H17ClO3S. The number of ether oxygens (including phenoxy) is 1. The summed E-state index contributed by atoms with van der Waals surface area (Å²) in [4.78, 5) is 0.327. The monoisotopic (exact) mass is 288 g/mol. The van der Waals surface area contributed by atoms with E-state index in [1.165, 1.54) is 6.26 Å². The van der Waals surface area contributed by atoms with Crippen molar-refractivity contribution in [3.8, 4) is 0 Å². The molecule has 18 heavy (non-hydrogen) atoms. The van der Waals surface area contributed by atoms with Crippen molar-refractivity contribution >= 4 is 21.4 Å². The molecule has 1 aromatic carbocycles. The minimum absolute atomic E-state index is 0.110. The fourth-order valence-electron chi connectivity index (χ4n) is 2.25. The lowest BCUT2D eigenvalue weighted by atomic mass is 9.88. The van der Waals surface area contributed by atoms with Gasteiger partial charge in [0.25, 0.3) is 0 Å². The Labute approximate surface area is 113 Å². The standard InChI is InChI=1S/C13H17ClO3S/c1-13(9-11(14)7-8-17-13)10-3-5-12(6-4-10)18(2,15)16/h3-6,11H,7-9H2,1-2H3. The molecule has 2 atom stereocenters. The van der Waals surface area contributed by atoms with E-state index in [0.29, 0.717) is 11.5 Å². The summed E-state index contributed by atoms with van der Waals surface area (Å²) in [6, 6.07) is 6.87. The van der Waals surface area contributed by atoms with Crippen LogP contribution in [0.5, 0.6) is 0 Å². The molecule has 0 N–H and O–H groups in total. The zero-order valence-corrected chi connectivity index (χ0v) is 12.1. The van der Waals surface area contributed by atoms with Gasteiger partial charge in [-0.05, 0) is 37.5 Å². The Morgan fingerprint density at radius 2 is 1.94 bits per heavy atom. The number of hydrogen-bond donors (Lipinski definition) is 0. The molecule has 0 aliphatic carbocycles. The van der Waals surface area contributed by atoms with Crippen LogP contribution in [0.15, 0.2) is 29.2 Å². The minimum atomic E-state index is -3.15. The molecule has 1 aliphatic rings. The maximum Gasteiger partial charge on any atom is 0.175 e. The van der Waals surface area contributed by atoms with Crippen molar-refractivity contribution in [3.63, 3.8) is 0 Å². The first kappa shape index (κ1) is 13.8. The van der Waals surface area contributed by atoms with Crippen LogP contribution < -0.4 is 0 Å². The van der Waals surface area contributed by atoms with Crippen molar-refractivity contribution in [2.24, 2.45) is 0 Å². The summed E-state index contributed by atoms with van der Waals surface area (Å²) in [6.45, 7) is 2.63. The highest BCUT2D eigenvalue weighted by Crippen LogP contribution is 2.36. The second-order valence-electron chi connectivity index (χ2n) is 4.97. The van der Waals surface area contributed by atoms with Gasteiger partial charge in [-0.3, -0.25) is 0 Å². The van der Waals surface area contributed by atoms with Gasteiger partial charge in [0.1, 0.15) is 0 Å². The van der Waals surface area contributed by atoms with Crippen LogP contribution in [0.2, 0.25) is 0 Å². The van der Waals surface area contributed by atoms with Crippen molar-refractivity contribution in [1.82, 2.24) is 0 Å². The van der Waals surface area contributed by atoms with Crippen LogP contribution in [-0.4, -0.2) is 26.7 Å². The van der Waals surface area contributed by atoms with E-state index < -0.39 is 15.4 Å². The van der Waals surface area contributed by atoms with Gasteiger partial charge in [-0.25, -0.2) is 8.42 Å². The largest absolute Gasteiger partial charge is 0.370 e. The Morgan fingerprint density at radius 1 is 1.33 bits per heavy atom. The molecule has 0 saturated carbocycles. The summed E-state index contributed by atoms with van der Waals surface area (Å²) in [6.07, 6.45) is 2.81. The third-order valence-corrected chi connectivity index (χ3v) is 4.86. The third-order valence-electron chi connectivity index (χ3n) is 3.36. The van der Waals surface area contributed by atoms with Gasteiger partial charge in [-0.1, -0.05) is 12.1 Å². The lowest BCUT2D eigenvalue weighted by molar-refractivity contribution is -0.0684. The summed E-state index contributed by atoms with van der Waals surface area (Å²) >= 11 is 6.18. The van der Waals surface area contributed by atoms with Crippen LogP contribution in [0.1, 0.15) is 25.3 Å². The van der Waals surface area contributed by atoms with E-state index in [9.17, 15) is 8.42 Å². The van der Waals surface area contributed by atoms with Crippen molar-refractivity contribution < 1.29 is 13.2 Å². The third kappa shape index (κ3) is 2.87. The molecule has 3 nitrogen and oxygen atoms in total. The van der Waals surface area contributed by atoms with Crippen molar-refractivity contribution in [2.75, 3.05) is 12.9 Å². The molecule has 1 heterocycles. The summed E-state index contributed by atoms with van der Waals surface area (Å²) in [7, 11) is -3.15. The molecule has 1 aliphatic heterocycles. The van der Waals surface area contributed by atoms with Crippen LogP contribution >= 0.6 is 11.6 Å². The van der Waals surface area contributed by atoms with Gasteiger partial charge in [0.15, 0.2) is 9.84 Å². The normalized spacial score (nSPS) is 29.2. The number of halogens is 1. The molecule has 1 aromatic rings. The van der Waals surface area contributed by atoms with E-state index in [-0.39, 0.29) is 5.38 Å². The van der Waals surface area contributed by atoms with E-state index in [0.717, 1.165) is 18.4 Å². The summed E-state index contributed by atoms with van der Waals surface area (Å²) in [5.74, 6) is 0. The first-order chi connectivity index (χ1) is 8.31. The van der Waals surface area contributed by atoms with Gasteiger partial charge < -0.3 is 4.74 Å². The molecule has 0 radical (unpaired) electrons. The molecule has 2 rings (SSSR count). The van der Waals surface area contributed by atoms with Crippen LogP contribution in [0.25, 0.3) is 0 Å². The van der Waals surface area contributed by atoms with Gasteiger partial charge in [-0.2, -0.15) is 0 Å². The fourth-order valence-corrected chi connectivity index (χ4v) is 3.27. The van der Waals surface area contributed by atoms with Crippen molar-refractivity contribution in [1.29, 1.82) is 0 Å². The number of hydrogen-bond acceptors (Lipinski definition) is 3. The SMILES string of the molecule is CC1(c2ccc(S(C)(=O)=O)cc2)CC(Cl)CCO1. The molecule has 1 fully saturated rings. The van der Waals surface area contributed by atoms with Crippen molar-refractivity contribution in [3.05, 3.63) is 29.8 Å². The Kier molecular flexibility index (Phi) is 3.72. The number of rotatable bonds is 2. The van der Waals surface area contributed by atoms with Gasteiger partial charge in [0.2, 0.25) is 0 Å². The van der Waals surface area contributed by atoms with Gasteiger partial charge in [0, 0.05) is 18.2 Å². The Balaban J connectivity index is 2.29. The molecule has 0 bridgehead atoms. The second-order valence-corrected chi connectivity index (χ2v) is 7.60. The predicted molar refractivity (Wildman–Crippen MR) is 71.7 cm³/mol. The van der Waals surface area contributed by atoms with Gasteiger partial charge >= 0.3 is 0 Å². The van der Waals surface area contributed by atoms with E-state index in [1.54, 1.807) is 12.1 Å². The zero-order valence-electron chi connectivity index (χ0n) is 10.5. The van der Waals surface area contributed by atoms with Gasteiger partial charge in [0.05, 0.1) is 10.5 Å². The number of sulfone groups is 1. The highest BCUT2D eigenvalue weighted by molar-refractivity contribution is 7.90. The maximum absolute atomic E-state index is 11.4. The molecule has 0 spiro atoms. The quantitative estimate of drug-likeness (QED) is 0.786. The highest BCUT2D eigenvalue weighted by Gasteiger charge is 2.34. The molecule has 0 aromatic heterocycles. The molecule has 5 heteroatoms. The maximum atomic E-state index is 11.4. The molecule has 100 valence electrons. The average Bonchev–Trinajstić information content (AvgIpc) is 2.28. The Morgan fingerprint density at radius 3 is 2.44 bits per heavy atom. The number of benzene rings is 1. The second kappa shape index (κ2) is 4.83. The lowest BCUT2D eigenvalue weighted by Gasteiger charge is -2.36. The molecule has 1 saturated heterocycles. The first-order valence-electron chi connectivity index (χ1n) is 5.90. The average molecular weight is 289 g/mol. The fraction of sp³-hybridized carbons (Fsp3) is 0.538. The topological polar surface area (TPSA) is 43.4 Å². The molecule has 2 unspecified atom stereocenters. The van der Waals surface area contributed by atoms with E-state index >= 15 is 0 Å². The van der Waals surface area contributed by atoms with Crippen LogP contribution in [-0.2, 0) is 20.2 Å². The van der Waals surface area contributed by atoms with Gasteiger partial charge in [-0.15, -0.1) is 11.6 Å². The molecule has 0 amide bonds. The summed E-state index contributed by atoms with van der Waals surface area (Å²) in [5.41, 5.74) is 0.556. The Hall–Kier alpha value is -0.580. The molecular weight excluding hydrogens is 272 g/mol. The van der Waals surface area contributed by atoms with E-state index in [2.05, 4.69) is 0 Å².